The second kappa shape index (κ2) is 5.02. The average molecular weight is 316 g/mol. The molecular weight excluding hydrogens is 300 g/mol. The lowest BCUT2D eigenvalue weighted by Gasteiger charge is -2.33. The Morgan fingerprint density at radius 2 is 2.30 bits per heavy atom. The molecule has 120 valence electrons. The fourth-order valence-corrected chi connectivity index (χ4v) is 3.60. The SMILES string of the molecule is O=C(c1cnn2cccnc12)N1C[C@H]2COCC[C@@]2(C(=O)O)C1. The number of aliphatic carboxylic acids is 1. The maximum absolute atomic E-state index is 12.8. The molecule has 1 amide bonds. The Kier molecular flexibility index (Phi) is 3.08. The summed E-state index contributed by atoms with van der Waals surface area (Å²) < 4.78 is 6.95. The number of carboxylic acids is 1. The van der Waals surface area contributed by atoms with E-state index in [0.717, 1.165) is 0 Å². The van der Waals surface area contributed by atoms with Gasteiger partial charge in [-0.3, -0.25) is 9.59 Å². The highest BCUT2D eigenvalue weighted by molar-refractivity contribution is 6.00. The molecule has 2 aliphatic heterocycles. The van der Waals surface area contributed by atoms with Crippen molar-refractivity contribution in [3.63, 3.8) is 0 Å². The molecule has 0 bridgehead atoms. The third-order valence-corrected chi connectivity index (χ3v) is 4.93. The lowest BCUT2D eigenvalue weighted by molar-refractivity contribution is -0.157. The number of fused-ring (bicyclic) bond motifs is 2. The average Bonchev–Trinajstić information content (AvgIpc) is 3.16. The second-order valence-electron chi connectivity index (χ2n) is 6.11. The van der Waals surface area contributed by atoms with Gasteiger partial charge in [0.2, 0.25) is 0 Å². The second-order valence-corrected chi connectivity index (χ2v) is 6.11. The molecule has 0 unspecified atom stereocenters. The summed E-state index contributed by atoms with van der Waals surface area (Å²) in [6, 6.07) is 1.73. The van der Waals surface area contributed by atoms with Crippen molar-refractivity contribution in [1.82, 2.24) is 19.5 Å². The minimum atomic E-state index is -0.899. The Balaban J connectivity index is 1.66. The molecule has 2 atom stereocenters. The van der Waals surface area contributed by atoms with Crippen LogP contribution in [-0.4, -0.2) is 62.8 Å². The molecule has 2 saturated heterocycles. The molecule has 1 N–H and O–H groups in total. The summed E-state index contributed by atoms with van der Waals surface area (Å²) in [5, 5.41) is 13.8. The van der Waals surface area contributed by atoms with Crippen LogP contribution in [-0.2, 0) is 9.53 Å². The van der Waals surface area contributed by atoms with Crippen molar-refractivity contribution >= 4 is 17.5 Å². The summed E-state index contributed by atoms with van der Waals surface area (Å²) >= 11 is 0. The fourth-order valence-electron chi connectivity index (χ4n) is 3.60. The van der Waals surface area contributed by atoms with Gasteiger partial charge in [0.15, 0.2) is 5.65 Å². The standard InChI is InChI=1S/C15H16N4O4/c20-13(11-6-17-19-4-1-3-16-12(11)19)18-7-10-8-23-5-2-15(10,9-18)14(21)22/h1,3-4,6,10H,2,5,7-9H2,(H,21,22)/t10-,15+/m0/s1. The Morgan fingerprint density at radius 3 is 3.09 bits per heavy atom. The van der Waals surface area contributed by atoms with Crippen LogP contribution in [0.4, 0.5) is 0 Å². The summed E-state index contributed by atoms with van der Waals surface area (Å²) in [6.07, 6.45) is 5.24. The molecule has 2 aromatic rings. The number of likely N-dealkylation sites (tertiary alicyclic amines) is 1. The summed E-state index contributed by atoms with van der Waals surface area (Å²) in [6.45, 7) is 1.39. The van der Waals surface area contributed by atoms with Gasteiger partial charge in [-0.1, -0.05) is 0 Å². The van der Waals surface area contributed by atoms with Crippen molar-refractivity contribution in [2.75, 3.05) is 26.3 Å². The number of rotatable bonds is 2. The highest BCUT2D eigenvalue weighted by Gasteiger charge is 2.55. The van der Waals surface area contributed by atoms with Crippen LogP contribution in [0.25, 0.3) is 5.65 Å². The lowest BCUT2D eigenvalue weighted by Crippen LogP contribution is -2.45. The van der Waals surface area contributed by atoms with E-state index in [-0.39, 0.29) is 18.4 Å². The maximum atomic E-state index is 12.8. The molecule has 0 aliphatic carbocycles. The number of hydrogen-bond donors (Lipinski definition) is 1. The molecule has 0 aromatic carbocycles. The van der Waals surface area contributed by atoms with Crippen molar-refractivity contribution in [2.45, 2.75) is 6.42 Å². The van der Waals surface area contributed by atoms with Crippen LogP contribution in [0.1, 0.15) is 16.8 Å². The van der Waals surface area contributed by atoms with Crippen LogP contribution < -0.4 is 0 Å². The third kappa shape index (κ3) is 2.02. The van der Waals surface area contributed by atoms with E-state index in [1.165, 1.54) is 10.7 Å². The van der Waals surface area contributed by atoms with Crippen molar-refractivity contribution in [3.8, 4) is 0 Å². The fraction of sp³-hybridized carbons (Fsp3) is 0.467. The highest BCUT2D eigenvalue weighted by atomic mass is 16.5. The number of nitrogens with zero attached hydrogens (tertiary/aromatic N) is 4. The number of hydrogen-bond acceptors (Lipinski definition) is 5. The van der Waals surface area contributed by atoms with E-state index in [1.54, 1.807) is 23.4 Å². The zero-order valence-corrected chi connectivity index (χ0v) is 12.4. The Bertz CT molecular complexity index is 789. The van der Waals surface area contributed by atoms with Gasteiger partial charge in [0.1, 0.15) is 5.56 Å². The van der Waals surface area contributed by atoms with Gasteiger partial charge in [0.25, 0.3) is 5.91 Å². The van der Waals surface area contributed by atoms with E-state index in [2.05, 4.69) is 10.1 Å². The third-order valence-electron chi connectivity index (χ3n) is 4.93. The normalized spacial score (nSPS) is 27.1. The summed E-state index contributed by atoms with van der Waals surface area (Å²) in [5.74, 6) is -1.25. The molecule has 8 nitrogen and oxygen atoms in total. The van der Waals surface area contributed by atoms with Crippen LogP contribution in [0.2, 0.25) is 0 Å². The van der Waals surface area contributed by atoms with Crippen molar-refractivity contribution < 1.29 is 19.4 Å². The number of carbonyl (C=O) groups excluding carboxylic acids is 1. The predicted octanol–water partition coefficient (Wildman–Crippen LogP) is 0.293. The quantitative estimate of drug-likeness (QED) is 0.855. The summed E-state index contributed by atoms with van der Waals surface area (Å²) in [5.41, 5.74) is -0.0247. The molecule has 8 heteroatoms. The van der Waals surface area contributed by atoms with Crippen LogP contribution >= 0.6 is 0 Å². The highest BCUT2D eigenvalue weighted by Crippen LogP contribution is 2.42. The summed E-state index contributed by atoms with van der Waals surface area (Å²) in [4.78, 5) is 30.4. The maximum Gasteiger partial charge on any atom is 0.311 e. The Labute approximate surface area is 131 Å². The minimum Gasteiger partial charge on any atom is -0.481 e. The smallest absolute Gasteiger partial charge is 0.311 e. The monoisotopic (exact) mass is 316 g/mol. The first-order valence-corrected chi connectivity index (χ1v) is 7.50. The molecule has 0 saturated carbocycles. The lowest BCUT2D eigenvalue weighted by atomic mass is 9.74. The first kappa shape index (κ1) is 14.1. The summed E-state index contributed by atoms with van der Waals surface area (Å²) in [7, 11) is 0. The number of carbonyl (C=O) groups is 2. The van der Waals surface area contributed by atoms with Gasteiger partial charge in [-0.2, -0.15) is 5.10 Å². The zero-order valence-electron chi connectivity index (χ0n) is 12.4. The predicted molar refractivity (Wildman–Crippen MR) is 77.9 cm³/mol. The van der Waals surface area contributed by atoms with Crippen LogP contribution in [0.5, 0.6) is 0 Å². The Hall–Kier alpha value is -2.48. The zero-order chi connectivity index (χ0) is 16.0. The minimum absolute atomic E-state index is 0.174. The number of carboxylic acid groups (broad SMARTS) is 1. The molecule has 2 aliphatic rings. The topological polar surface area (TPSA) is 97.0 Å². The van der Waals surface area contributed by atoms with Crippen LogP contribution in [0.3, 0.4) is 0 Å². The Morgan fingerprint density at radius 1 is 1.43 bits per heavy atom. The van der Waals surface area contributed by atoms with Crippen LogP contribution in [0.15, 0.2) is 24.7 Å². The number of aromatic nitrogens is 3. The van der Waals surface area contributed by atoms with Crippen molar-refractivity contribution in [3.05, 3.63) is 30.2 Å². The van der Waals surface area contributed by atoms with E-state index in [1.807, 2.05) is 0 Å². The van der Waals surface area contributed by atoms with Crippen molar-refractivity contribution in [2.24, 2.45) is 11.3 Å². The van der Waals surface area contributed by atoms with Gasteiger partial charge in [0.05, 0.1) is 18.2 Å². The van der Waals surface area contributed by atoms with E-state index in [9.17, 15) is 14.7 Å². The first-order chi connectivity index (χ1) is 11.1. The van der Waals surface area contributed by atoms with Gasteiger partial charge < -0.3 is 14.7 Å². The molecule has 0 spiro atoms. The first-order valence-electron chi connectivity index (χ1n) is 7.50. The van der Waals surface area contributed by atoms with E-state index in [0.29, 0.717) is 37.4 Å². The number of ether oxygens (including phenoxy) is 1. The van der Waals surface area contributed by atoms with Gasteiger partial charge in [0, 0.05) is 38.0 Å². The van der Waals surface area contributed by atoms with Gasteiger partial charge in [-0.25, -0.2) is 9.50 Å². The van der Waals surface area contributed by atoms with E-state index in [4.69, 9.17) is 4.74 Å². The molecular formula is C15H16N4O4. The molecule has 0 radical (unpaired) electrons. The van der Waals surface area contributed by atoms with Gasteiger partial charge in [-0.15, -0.1) is 0 Å². The molecule has 4 heterocycles. The van der Waals surface area contributed by atoms with E-state index < -0.39 is 11.4 Å². The van der Waals surface area contributed by atoms with E-state index >= 15 is 0 Å². The molecule has 2 aromatic heterocycles. The molecule has 4 rings (SSSR count). The molecule has 2 fully saturated rings. The molecule has 23 heavy (non-hydrogen) atoms. The largest absolute Gasteiger partial charge is 0.481 e. The van der Waals surface area contributed by atoms with Gasteiger partial charge in [-0.05, 0) is 12.5 Å². The number of amides is 1. The van der Waals surface area contributed by atoms with Gasteiger partial charge >= 0.3 is 5.97 Å². The van der Waals surface area contributed by atoms with Crippen molar-refractivity contribution in [1.29, 1.82) is 0 Å². The van der Waals surface area contributed by atoms with Crippen LogP contribution in [0, 0.1) is 11.3 Å².